The lowest BCUT2D eigenvalue weighted by Gasteiger charge is -2.34. The van der Waals surface area contributed by atoms with E-state index < -0.39 is 0 Å². The van der Waals surface area contributed by atoms with Gasteiger partial charge in [0.1, 0.15) is 0 Å². The lowest BCUT2D eigenvalue weighted by molar-refractivity contribution is 0.206. The first-order valence-corrected chi connectivity index (χ1v) is 4.81. The number of aliphatic imine (C=N–C) groups is 2. The molecule has 0 heterocycles. The third kappa shape index (κ3) is 2.91. The van der Waals surface area contributed by atoms with Crippen LogP contribution in [0.2, 0.25) is 0 Å². The van der Waals surface area contributed by atoms with E-state index in [1.807, 2.05) is 0 Å². The van der Waals surface area contributed by atoms with Crippen molar-refractivity contribution in [2.75, 3.05) is 6.54 Å². The Balaban J connectivity index is 2.61. The zero-order valence-corrected chi connectivity index (χ0v) is 8.32. The van der Waals surface area contributed by atoms with Crippen LogP contribution < -0.4 is 0 Å². The molecule has 0 N–H and O–H groups in total. The van der Waals surface area contributed by atoms with Crippen LogP contribution in [0.5, 0.6) is 0 Å². The molecule has 0 aromatic rings. The summed E-state index contributed by atoms with van der Waals surface area (Å²) in [7, 11) is 0. The van der Waals surface area contributed by atoms with Crippen LogP contribution in [0, 0.1) is 5.41 Å². The molecule has 1 fully saturated rings. The number of hydrogen-bond donors (Lipinski definition) is 0. The first kappa shape index (κ1) is 10.8. The van der Waals surface area contributed by atoms with Crippen molar-refractivity contribution in [1.29, 1.82) is 0 Å². The molecular weight excluding hydrogens is 180 g/mol. The Kier molecular flexibility index (Phi) is 3.75. The van der Waals surface area contributed by atoms with Gasteiger partial charge in [-0.25, -0.2) is 19.6 Å². The summed E-state index contributed by atoms with van der Waals surface area (Å²) in [6.45, 7) is 2.56. The van der Waals surface area contributed by atoms with E-state index in [9.17, 15) is 9.59 Å². The molecule has 2 unspecified atom stereocenters. The number of nitrogens with zero attached hydrogens (tertiary/aromatic N) is 2. The SMILES string of the molecule is CC1(CN=C=O)CCCC(N=C=O)C1. The van der Waals surface area contributed by atoms with Crippen molar-refractivity contribution in [3.05, 3.63) is 0 Å². The van der Waals surface area contributed by atoms with Crippen molar-refractivity contribution in [1.82, 2.24) is 0 Å². The predicted octanol–water partition coefficient (Wildman–Crippen LogP) is 1.61. The fraction of sp³-hybridized carbons (Fsp3) is 0.800. The van der Waals surface area contributed by atoms with Gasteiger partial charge in [0.25, 0.3) is 0 Å². The highest BCUT2D eigenvalue weighted by molar-refractivity contribution is 5.34. The zero-order valence-electron chi connectivity index (χ0n) is 8.32. The van der Waals surface area contributed by atoms with Crippen molar-refractivity contribution in [2.24, 2.45) is 15.4 Å². The minimum Gasteiger partial charge on any atom is -0.211 e. The van der Waals surface area contributed by atoms with Crippen LogP contribution in [-0.2, 0) is 9.59 Å². The quantitative estimate of drug-likeness (QED) is 0.506. The van der Waals surface area contributed by atoms with Gasteiger partial charge in [0, 0.05) is 0 Å². The molecule has 0 aliphatic heterocycles. The Bertz CT molecular complexity index is 290. The van der Waals surface area contributed by atoms with Crippen molar-refractivity contribution < 1.29 is 9.59 Å². The standard InChI is InChI=1S/C10H14N2O2/c1-10(6-11-7-13)4-2-3-9(5-10)12-8-14/h9H,2-6H2,1H3. The summed E-state index contributed by atoms with van der Waals surface area (Å²) in [6, 6.07) is 0.0631. The Morgan fingerprint density at radius 3 is 2.86 bits per heavy atom. The maximum atomic E-state index is 10.1. The molecule has 0 amide bonds. The fourth-order valence-corrected chi connectivity index (χ4v) is 2.09. The second-order valence-electron chi connectivity index (χ2n) is 4.19. The third-order valence-corrected chi connectivity index (χ3v) is 2.81. The summed E-state index contributed by atoms with van der Waals surface area (Å²) >= 11 is 0. The molecule has 0 aromatic carbocycles. The molecular formula is C10H14N2O2. The topological polar surface area (TPSA) is 58.9 Å². The Morgan fingerprint density at radius 1 is 1.43 bits per heavy atom. The lowest BCUT2D eigenvalue weighted by Crippen LogP contribution is -2.30. The average molecular weight is 194 g/mol. The molecule has 0 saturated heterocycles. The number of carbonyl (C=O) groups excluding carboxylic acids is 2. The molecule has 4 heteroatoms. The van der Waals surface area contributed by atoms with E-state index in [0.717, 1.165) is 25.7 Å². The van der Waals surface area contributed by atoms with Gasteiger partial charge >= 0.3 is 0 Å². The monoisotopic (exact) mass is 194 g/mol. The summed E-state index contributed by atoms with van der Waals surface area (Å²) in [5, 5.41) is 0. The summed E-state index contributed by atoms with van der Waals surface area (Å²) < 4.78 is 0. The molecule has 0 spiro atoms. The van der Waals surface area contributed by atoms with Gasteiger partial charge in [0.2, 0.25) is 12.2 Å². The highest BCUT2D eigenvalue weighted by atomic mass is 16.1. The molecule has 2 atom stereocenters. The largest absolute Gasteiger partial charge is 0.235 e. The summed E-state index contributed by atoms with van der Waals surface area (Å²) in [5.74, 6) is 0. The second-order valence-corrected chi connectivity index (χ2v) is 4.19. The first-order valence-electron chi connectivity index (χ1n) is 4.81. The van der Waals surface area contributed by atoms with E-state index in [-0.39, 0.29) is 11.5 Å². The van der Waals surface area contributed by atoms with E-state index in [2.05, 4.69) is 16.9 Å². The average Bonchev–Trinajstić information content (AvgIpc) is 2.16. The Labute approximate surface area is 83.1 Å². The summed E-state index contributed by atoms with van der Waals surface area (Å²) in [4.78, 5) is 27.5. The van der Waals surface area contributed by atoms with E-state index >= 15 is 0 Å². The minimum atomic E-state index is 0.000671. The van der Waals surface area contributed by atoms with Crippen LogP contribution >= 0.6 is 0 Å². The van der Waals surface area contributed by atoms with Crippen LogP contribution in [0.3, 0.4) is 0 Å². The first-order chi connectivity index (χ1) is 6.70. The van der Waals surface area contributed by atoms with E-state index in [1.165, 1.54) is 0 Å². The maximum Gasteiger partial charge on any atom is 0.235 e. The maximum absolute atomic E-state index is 10.1. The van der Waals surface area contributed by atoms with Crippen LogP contribution in [0.4, 0.5) is 0 Å². The zero-order chi connectivity index (χ0) is 10.4. The molecule has 0 aromatic heterocycles. The van der Waals surface area contributed by atoms with Gasteiger partial charge in [0.05, 0.1) is 12.6 Å². The molecule has 1 aliphatic rings. The van der Waals surface area contributed by atoms with Gasteiger partial charge < -0.3 is 0 Å². The number of isocyanates is 2. The van der Waals surface area contributed by atoms with Crippen molar-refractivity contribution in [3.8, 4) is 0 Å². The van der Waals surface area contributed by atoms with Crippen LogP contribution in [0.15, 0.2) is 9.98 Å². The van der Waals surface area contributed by atoms with Gasteiger partial charge in [-0.1, -0.05) is 13.3 Å². The van der Waals surface area contributed by atoms with E-state index in [0.29, 0.717) is 6.54 Å². The summed E-state index contributed by atoms with van der Waals surface area (Å²) in [6.07, 6.45) is 6.96. The van der Waals surface area contributed by atoms with Crippen LogP contribution in [0.25, 0.3) is 0 Å². The molecule has 1 saturated carbocycles. The smallest absolute Gasteiger partial charge is 0.211 e. The Morgan fingerprint density at radius 2 is 2.21 bits per heavy atom. The van der Waals surface area contributed by atoms with Crippen molar-refractivity contribution in [3.63, 3.8) is 0 Å². The number of hydrogen-bond acceptors (Lipinski definition) is 4. The third-order valence-electron chi connectivity index (χ3n) is 2.81. The molecule has 76 valence electrons. The molecule has 0 bridgehead atoms. The molecule has 14 heavy (non-hydrogen) atoms. The highest BCUT2D eigenvalue weighted by Crippen LogP contribution is 2.37. The predicted molar refractivity (Wildman–Crippen MR) is 51.5 cm³/mol. The van der Waals surface area contributed by atoms with Crippen molar-refractivity contribution in [2.45, 2.75) is 38.6 Å². The molecule has 1 aliphatic carbocycles. The normalized spacial score (nSPS) is 31.4. The van der Waals surface area contributed by atoms with Gasteiger partial charge in [-0.2, -0.15) is 0 Å². The molecule has 1 rings (SSSR count). The number of rotatable bonds is 3. The van der Waals surface area contributed by atoms with Gasteiger partial charge in [-0.3, -0.25) is 0 Å². The fourth-order valence-electron chi connectivity index (χ4n) is 2.09. The second kappa shape index (κ2) is 4.85. The van der Waals surface area contributed by atoms with Crippen LogP contribution in [0.1, 0.15) is 32.6 Å². The lowest BCUT2D eigenvalue weighted by atomic mass is 9.74. The summed E-state index contributed by atoms with van der Waals surface area (Å²) in [5.41, 5.74) is 0.000671. The highest BCUT2D eigenvalue weighted by Gasteiger charge is 2.31. The van der Waals surface area contributed by atoms with Crippen LogP contribution in [-0.4, -0.2) is 24.7 Å². The van der Waals surface area contributed by atoms with E-state index in [1.54, 1.807) is 12.2 Å². The minimum absolute atomic E-state index is 0.000671. The van der Waals surface area contributed by atoms with Gasteiger partial charge in [0.15, 0.2) is 0 Å². The molecule has 0 radical (unpaired) electrons. The van der Waals surface area contributed by atoms with Gasteiger partial charge in [-0.15, -0.1) is 0 Å². The molecule has 4 nitrogen and oxygen atoms in total. The van der Waals surface area contributed by atoms with Gasteiger partial charge in [-0.05, 0) is 24.7 Å². The Hall–Kier alpha value is -1.24. The van der Waals surface area contributed by atoms with E-state index in [4.69, 9.17) is 0 Å². The van der Waals surface area contributed by atoms with Crippen molar-refractivity contribution >= 4 is 12.2 Å².